The third kappa shape index (κ3) is 1.54. The number of carboxylic acid groups (broad SMARTS) is 1. The zero-order valence-electron chi connectivity index (χ0n) is 9.02. The van der Waals surface area contributed by atoms with Crippen molar-refractivity contribution in [2.45, 2.75) is 24.9 Å². The zero-order valence-corrected chi connectivity index (χ0v) is 9.02. The summed E-state index contributed by atoms with van der Waals surface area (Å²) >= 11 is 0. The van der Waals surface area contributed by atoms with Crippen molar-refractivity contribution < 1.29 is 9.90 Å². The van der Waals surface area contributed by atoms with Crippen molar-refractivity contribution in [3.63, 3.8) is 0 Å². The summed E-state index contributed by atoms with van der Waals surface area (Å²) in [6.45, 7) is 0.697. The lowest BCUT2D eigenvalue weighted by molar-refractivity contribution is -0.140. The average Bonchev–Trinajstić information content (AvgIpc) is 2.97. The number of hydrogen-bond acceptors (Lipinski definition) is 6. The van der Waals surface area contributed by atoms with E-state index in [4.69, 9.17) is 5.11 Å². The van der Waals surface area contributed by atoms with Crippen molar-refractivity contribution in [3.05, 3.63) is 0 Å². The van der Waals surface area contributed by atoms with Gasteiger partial charge in [0.1, 0.15) is 24.6 Å². The SMILES string of the molecule is O=C(O)C1CCCN1C1=NC=NC2=NC=NC21. The Morgan fingerprint density at radius 1 is 1.41 bits per heavy atom. The Hall–Kier alpha value is -2.05. The summed E-state index contributed by atoms with van der Waals surface area (Å²) < 4.78 is 0. The predicted octanol–water partition coefficient (Wildman–Crippen LogP) is -0.215. The topological polar surface area (TPSA) is 90.0 Å². The molecule has 17 heavy (non-hydrogen) atoms. The number of aliphatic imine (C=N–C) groups is 4. The third-order valence-electron chi connectivity index (χ3n) is 3.11. The summed E-state index contributed by atoms with van der Waals surface area (Å²) in [4.78, 5) is 29.3. The Balaban J connectivity index is 1.91. The van der Waals surface area contributed by atoms with Crippen LogP contribution in [0.2, 0.25) is 0 Å². The van der Waals surface area contributed by atoms with Gasteiger partial charge in [-0.25, -0.2) is 19.8 Å². The minimum atomic E-state index is -0.812. The van der Waals surface area contributed by atoms with E-state index in [2.05, 4.69) is 20.0 Å². The second-order valence-corrected chi connectivity index (χ2v) is 4.08. The Kier molecular flexibility index (Phi) is 2.24. The van der Waals surface area contributed by atoms with Crippen LogP contribution in [-0.4, -0.2) is 59.0 Å². The van der Waals surface area contributed by atoms with Crippen molar-refractivity contribution in [1.29, 1.82) is 0 Å². The van der Waals surface area contributed by atoms with E-state index >= 15 is 0 Å². The van der Waals surface area contributed by atoms with Crippen LogP contribution in [0.1, 0.15) is 12.8 Å². The number of rotatable bonds is 1. The number of fused-ring (bicyclic) bond motifs is 1. The molecule has 3 aliphatic heterocycles. The molecule has 0 aromatic heterocycles. The Labute approximate surface area is 97.3 Å². The van der Waals surface area contributed by atoms with Gasteiger partial charge in [0.15, 0.2) is 11.9 Å². The minimum Gasteiger partial charge on any atom is -0.480 e. The second-order valence-electron chi connectivity index (χ2n) is 4.08. The molecule has 3 heterocycles. The van der Waals surface area contributed by atoms with Crippen LogP contribution in [0.15, 0.2) is 20.0 Å². The van der Waals surface area contributed by atoms with Crippen molar-refractivity contribution in [2.75, 3.05) is 6.54 Å². The summed E-state index contributed by atoms with van der Waals surface area (Å²) in [5, 5.41) is 9.16. The standard InChI is InChI=1S/C10H11N5O2/c16-10(17)6-2-1-3-15(6)9-7-8(12-4-11-7)13-5-14-9/h4-7H,1-3H2,(H,16,17). The molecule has 2 atom stereocenters. The van der Waals surface area contributed by atoms with Gasteiger partial charge in [-0.1, -0.05) is 0 Å². The van der Waals surface area contributed by atoms with Gasteiger partial charge in [0.2, 0.25) is 0 Å². The smallest absolute Gasteiger partial charge is 0.326 e. The molecule has 3 rings (SSSR count). The molecule has 0 aromatic carbocycles. The van der Waals surface area contributed by atoms with E-state index in [9.17, 15) is 4.79 Å². The molecule has 0 saturated carbocycles. The quantitative estimate of drug-likeness (QED) is 0.679. The highest BCUT2D eigenvalue weighted by Gasteiger charge is 2.38. The maximum atomic E-state index is 11.1. The maximum Gasteiger partial charge on any atom is 0.326 e. The van der Waals surface area contributed by atoms with Gasteiger partial charge in [0.05, 0.1) is 0 Å². The molecule has 0 bridgehead atoms. The second kappa shape index (κ2) is 3.76. The van der Waals surface area contributed by atoms with Crippen LogP contribution >= 0.6 is 0 Å². The monoisotopic (exact) mass is 233 g/mol. The molecule has 0 radical (unpaired) electrons. The van der Waals surface area contributed by atoms with Crippen LogP contribution in [0.3, 0.4) is 0 Å². The van der Waals surface area contributed by atoms with Crippen molar-refractivity contribution in [2.24, 2.45) is 20.0 Å². The number of carbonyl (C=O) groups is 1. The van der Waals surface area contributed by atoms with Gasteiger partial charge >= 0.3 is 5.97 Å². The third-order valence-corrected chi connectivity index (χ3v) is 3.11. The van der Waals surface area contributed by atoms with Gasteiger partial charge in [0.25, 0.3) is 0 Å². The van der Waals surface area contributed by atoms with Gasteiger partial charge in [-0.15, -0.1) is 0 Å². The molecule has 2 unspecified atom stereocenters. The fourth-order valence-electron chi connectivity index (χ4n) is 2.33. The first-order chi connectivity index (χ1) is 8.27. The predicted molar refractivity (Wildman–Crippen MR) is 63.0 cm³/mol. The number of aliphatic carboxylic acids is 1. The van der Waals surface area contributed by atoms with Crippen LogP contribution in [0, 0.1) is 0 Å². The summed E-state index contributed by atoms with van der Waals surface area (Å²) in [7, 11) is 0. The molecule has 1 fully saturated rings. The minimum absolute atomic E-state index is 0.319. The summed E-state index contributed by atoms with van der Waals surface area (Å²) in [5.41, 5.74) is 0. The molecule has 0 amide bonds. The van der Waals surface area contributed by atoms with Crippen LogP contribution in [0.5, 0.6) is 0 Å². The fraction of sp³-hybridized carbons (Fsp3) is 0.500. The summed E-state index contributed by atoms with van der Waals surface area (Å²) in [6, 6.07) is -0.822. The largest absolute Gasteiger partial charge is 0.480 e. The first kappa shape index (κ1) is 10.1. The van der Waals surface area contributed by atoms with Crippen LogP contribution in [0.25, 0.3) is 0 Å². The van der Waals surface area contributed by atoms with Gasteiger partial charge in [-0.2, -0.15) is 0 Å². The van der Waals surface area contributed by atoms with Crippen LogP contribution in [-0.2, 0) is 4.79 Å². The summed E-state index contributed by atoms with van der Waals surface area (Å²) in [5.74, 6) is 0.427. The zero-order chi connectivity index (χ0) is 11.8. The molecular weight excluding hydrogens is 222 g/mol. The van der Waals surface area contributed by atoms with Crippen LogP contribution < -0.4 is 0 Å². The molecule has 0 aliphatic carbocycles. The van der Waals surface area contributed by atoms with Gasteiger partial charge in [0, 0.05) is 6.54 Å². The van der Waals surface area contributed by atoms with E-state index in [1.54, 1.807) is 4.90 Å². The number of nitrogens with zero attached hydrogens (tertiary/aromatic N) is 5. The maximum absolute atomic E-state index is 11.1. The number of likely N-dealkylation sites (tertiary alicyclic amines) is 1. The lowest BCUT2D eigenvalue weighted by Crippen LogP contribution is -2.47. The average molecular weight is 233 g/mol. The molecule has 88 valence electrons. The van der Waals surface area contributed by atoms with E-state index in [1.165, 1.54) is 12.7 Å². The Bertz CT molecular complexity index is 479. The van der Waals surface area contributed by atoms with E-state index in [0.29, 0.717) is 24.6 Å². The number of amidine groups is 2. The van der Waals surface area contributed by atoms with Crippen molar-refractivity contribution >= 4 is 30.3 Å². The van der Waals surface area contributed by atoms with Gasteiger partial charge in [-0.05, 0) is 12.8 Å². The summed E-state index contributed by atoms with van der Waals surface area (Å²) in [6.07, 6.45) is 4.37. The molecule has 1 N–H and O–H groups in total. The Morgan fingerprint density at radius 3 is 3.12 bits per heavy atom. The lowest BCUT2D eigenvalue weighted by Gasteiger charge is -2.28. The molecule has 0 spiro atoms. The highest BCUT2D eigenvalue weighted by molar-refractivity contribution is 6.20. The lowest BCUT2D eigenvalue weighted by atomic mass is 10.2. The molecule has 7 heteroatoms. The highest BCUT2D eigenvalue weighted by Crippen LogP contribution is 2.22. The number of hydrogen-bond donors (Lipinski definition) is 1. The molecule has 3 aliphatic rings. The van der Waals surface area contributed by atoms with Gasteiger partial charge < -0.3 is 10.0 Å². The first-order valence-electron chi connectivity index (χ1n) is 5.46. The van der Waals surface area contributed by atoms with E-state index in [1.807, 2.05) is 0 Å². The van der Waals surface area contributed by atoms with Crippen LogP contribution in [0.4, 0.5) is 0 Å². The highest BCUT2D eigenvalue weighted by atomic mass is 16.4. The molecule has 1 saturated heterocycles. The first-order valence-corrected chi connectivity index (χ1v) is 5.46. The normalized spacial score (nSPS) is 30.2. The van der Waals surface area contributed by atoms with Crippen molar-refractivity contribution in [1.82, 2.24) is 4.90 Å². The molecular formula is C10H11N5O2. The van der Waals surface area contributed by atoms with Gasteiger partial charge in [-0.3, -0.25) is 4.99 Å². The number of carboxylic acids is 1. The van der Waals surface area contributed by atoms with Crippen molar-refractivity contribution in [3.8, 4) is 0 Å². The Morgan fingerprint density at radius 2 is 2.29 bits per heavy atom. The fourth-order valence-corrected chi connectivity index (χ4v) is 2.33. The van der Waals surface area contributed by atoms with E-state index < -0.39 is 12.0 Å². The van der Waals surface area contributed by atoms with E-state index in [-0.39, 0.29) is 6.04 Å². The molecule has 7 nitrogen and oxygen atoms in total. The molecule has 0 aromatic rings. The van der Waals surface area contributed by atoms with E-state index in [0.717, 1.165) is 6.42 Å².